The fraction of sp³-hybridized carbons (Fsp3) is 0.533. The van der Waals surface area contributed by atoms with Crippen molar-refractivity contribution in [1.82, 2.24) is 9.66 Å². The normalized spacial score (nSPS) is 17.2. The molecule has 5 nitrogen and oxygen atoms in total. The van der Waals surface area contributed by atoms with E-state index in [1.54, 1.807) is 0 Å². The molecule has 1 saturated heterocycles. The van der Waals surface area contributed by atoms with E-state index in [2.05, 4.69) is 15.8 Å². The van der Waals surface area contributed by atoms with Crippen LogP contribution in [-0.2, 0) is 4.74 Å². The zero-order chi connectivity index (χ0) is 14.8. The monoisotopic (exact) mass is 309 g/mol. The van der Waals surface area contributed by atoms with E-state index in [4.69, 9.17) is 26.1 Å². The lowest BCUT2D eigenvalue weighted by molar-refractivity contribution is 0.111. The number of hydrogen-bond donors (Lipinski definition) is 0. The fourth-order valence-corrected chi connectivity index (χ4v) is 2.80. The highest BCUT2D eigenvalue weighted by Crippen LogP contribution is 2.30. The molecule has 2 heterocycles. The lowest BCUT2D eigenvalue weighted by atomic mass is 10.3. The van der Waals surface area contributed by atoms with Crippen LogP contribution in [0.2, 0.25) is 0 Å². The van der Waals surface area contributed by atoms with Crippen LogP contribution in [0.3, 0.4) is 0 Å². The second kappa shape index (κ2) is 6.12. The molecule has 1 fully saturated rings. The number of nitrogens with zero attached hydrogens (tertiary/aromatic N) is 3. The van der Waals surface area contributed by atoms with Crippen LogP contribution in [-0.4, -0.2) is 42.6 Å². The van der Waals surface area contributed by atoms with Crippen molar-refractivity contribution in [2.45, 2.75) is 19.2 Å². The topological polar surface area (TPSA) is 39.5 Å². The van der Waals surface area contributed by atoms with Gasteiger partial charge in [0.25, 0.3) is 0 Å². The zero-order valence-electron chi connectivity index (χ0n) is 12.4. The fourth-order valence-electron chi connectivity index (χ4n) is 2.66. The van der Waals surface area contributed by atoms with E-state index in [0.29, 0.717) is 6.61 Å². The summed E-state index contributed by atoms with van der Waals surface area (Å²) in [7, 11) is 0. The van der Waals surface area contributed by atoms with Gasteiger partial charge >= 0.3 is 0 Å². The van der Waals surface area contributed by atoms with E-state index in [1.165, 1.54) is 0 Å². The smallest absolute Gasteiger partial charge is 0.147 e. The van der Waals surface area contributed by atoms with Gasteiger partial charge < -0.3 is 14.5 Å². The third kappa shape index (κ3) is 2.68. The summed E-state index contributed by atoms with van der Waals surface area (Å²) < 4.78 is 13.3. The first-order chi connectivity index (χ1) is 10.2. The van der Waals surface area contributed by atoms with Gasteiger partial charge in [-0.1, -0.05) is 6.07 Å². The van der Waals surface area contributed by atoms with Crippen molar-refractivity contribution >= 4 is 22.6 Å². The van der Waals surface area contributed by atoms with Gasteiger partial charge in [-0.25, -0.2) is 9.66 Å². The van der Waals surface area contributed by atoms with Crippen molar-refractivity contribution in [2.24, 2.45) is 0 Å². The van der Waals surface area contributed by atoms with Gasteiger partial charge in [0, 0.05) is 0 Å². The first kappa shape index (κ1) is 14.5. The first-order valence-electron chi connectivity index (χ1n) is 7.33. The number of aromatic nitrogens is 2. The molecular weight excluding hydrogens is 290 g/mol. The number of alkyl halides is 1. The van der Waals surface area contributed by atoms with Crippen LogP contribution < -0.4 is 9.75 Å². The summed E-state index contributed by atoms with van der Waals surface area (Å²) in [5.41, 5.74) is 1.90. The summed E-state index contributed by atoms with van der Waals surface area (Å²) in [4.78, 5) is 4.73. The molecule has 6 heteroatoms. The van der Waals surface area contributed by atoms with Crippen molar-refractivity contribution in [3.8, 4) is 5.75 Å². The Morgan fingerprint density at radius 2 is 2.14 bits per heavy atom. The Morgan fingerprint density at radius 1 is 1.38 bits per heavy atom. The minimum atomic E-state index is -0.172. The average molecular weight is 310 g/mol. The Bertz CT molecular complexity index is 621. The molecule has 114 valence electrons. The van der Waals surface area contributed by atoms with Gasteiger partial charge in [0.05, 0.1) is 43.8 Å². The molecule has 0 radical (unpaired) electrons. The maximum Gasteiger partial charge on any atom is 0.147 e. The lowest BCUT2D eigenvalue weighted by Crippen LogP contribution is -2.44. The molecule has 3 rings (SSSR count). The first-order valence-corrected chi connectivity index (χ1v) is 7.77. The minimum absolute atomic E-state index is 0.172. The molecule has 2 aromatic rings. The van der Waals surface area contributed by atoms with E-state index < -0.39 is 0 Å². The molecule has 1 atom stereocenters. The SMILES string of the molecule is CCOc1cccc2c1nc(C(C)Cl)n2N1CCOCC1. The van der Waals surface area contributed by atoms with Gasteiger partial charge in [0.15, 0.2) is 0 Å². The van der Waals surface area contributed by atoms with Crippen LogP contribution in [0.25, 0.3) is 11.0 Å². The molecule has 0 bridgehead atoms. The number of para-hydroxylation sites is 1. The van der Waals surface area contributed by atoms with Gasteiger partial charge in [-0.2, -0.15) is 0 Å². The van der Waals surface area contributed by atoms with Crippen LogP contribution in [0.15, 0.2) is 18.2 Å². The lowest BCUT2D eigenvalue weighted by Gasteiger charge is -2.31. The maximum absolute atomic E-state index is 6.35. The quantitative estimate of drug-likeness (QED) is 0.814. The average Bonchev–Trinajstić information content (AvgIpc) is 2.89. The summed E-state index contributed by atoms with van der Waals surface area (Å²) in [6.45, 7) is 7.65. The summed E-state index contributed by atoms with van der Waals surface area (Å²) >= 11 is 6.35. The Labute approximate surface area is 129 Å². The van der Waals surface area contributed by atoms with Gasteiger partial charge in [-0.3, -0.25) is 0 Å². The molecule has 1 aliphatic rings. The summed E-state index contributed by atoms with van der Waals surface area (Å²) in [6, 6.07) is 6.00. The second-order valence-corrected chi connectivity index (χ2v) is 5.68. The van der Waals surface area contributed by atoms with Crippen molar-refractivity contribution in [3.05, 3.63) is 24.0 Å². The largest absolute Gasteiger partial charge is 0.492 e. The molecule has 0 spiro atoms. The third-order valence-corrected chi connectivity index (χ3v) is 3.77. The molecule has 1 aromatic carbocycles. The molecule has 1 aromatic heterocycles. The number of morpholine rings is 1. The highest BCUT2D eigenvalue weighted by atomic mass is 35.5. The molecule has 21 heavy (non-hydrogen) atoms. The van der Waals surface area contributed by atoms with Gasteiger partial charge in [0.1, 0.15) is 17.1 Å². The highest BCUT2D eigenvalue weighted by Gasteiger charge is 2.22. The summed E-state index contributed by atoms with van der Waals surface area (Å²) in [6.07, 6.45) is 0. The Kier molecular flexibility index (Phi) is 4.22. The van der Waals surface area contributed by atoms with E-state index in [0.717, 1.165) is 48.9 Å². The summed E-state index contributed by atoms with van der Waals surface area (Å²) in [5.74, 6) is 1.65. The zero-order valence-corrected chi connectivity index (χ0v) is 13.1. The number of benzene rings is 1. The minimum Gasteiger partial charge on any atom is -0.492 e. The number of ether oxygens (including phenoxy) is 2. The van der Waals surface area contributed by atoms with Crippen molar-refractivity contribution in [2.75, 3.05) is 37.9 Å². The van der Waals surface area contributed by atoms with E-state index in [9.17, 15) is 0 Å². The van der Waals surface area contributed by atoms with Gasteiger partial charge in [-0.05, 0) is 26.0 Å². The van der Waals surface area contributed by atoms with Crippen LogP contribution in [0.5, 0.6) is 5.75 Å². The van der Waals surface area contributed by atoms with Crippen LogP contribution in [0.4, 0.5) is 0 Å². The standard InChI is InChI=1S/C15H20ClN3O2/c1-3-21-13-6-4-5-12-14(13)17-15(11(2)16)19(12)18-7-9-20-10-8-18/h4-6,11H,3,7-10H2,1-2H3. The van der Waals surface area contributed by atoms with Crippen LogP contribution in [0, 0.1) is 0 Å². The number of rotatable bonds is 4. The van der Waals surface area contributed by atoms with Gasteiger partial charge in [-0.15, -0.1) is 11.6 Å². The summed E-state index contributed by atoms with van der Waals surface area (Å²) in [5, 5.41) is 2.07. The number of imidazole rings is 1. The maximum atomic E-state index is 6.35. The molecule has 0 saturated carbocycles. The molecule has 1 aliphatic heterocycles. The van der Waals surface area contributed by atoms with Gasteiger partial charge in [0.2, 0.25) is 0 Å². The van der Waals surface area contributed by atoms with Crippen molar-refractivity contribution in [3.63, 3.8) is 0 Å². The van der Waals surface area contributed by atoms with E-state index >= 15 is 0 Å². The van der Waals surface area contributed by atoms with Crippen molar-refractivity contribution < 1.29 is 9.47 Å². The molecule has 0 amide bonds. The Hall–Kier alpha value is -1.46. The van der Waals surface area contributed by atoms with Crippen LogP contribution in [0.1, 0.15) is 25.0 Å². The molecular formula is C15H20ClN3O2. The Morgan fingerprint density at radius 3 is 2.81 bits per heavy atom. The predicted molar refractivity (Wildman–Crippen MR) is 83.9 cm³/mol. The Balaban J connectivity index is 2.15. The molecule has 0 N–H and O–H groups in total. The predicted octanol–water partition coefficient (Wildman–Crippen LogP) is 2.70. The number of halogens is 1. The number of fused-ring (bicyclic) bond motifs is 1. The second-order valence-electron chi connectivity index (χ2n) is 5.02. The van der Waals surface area contributed by atoms with E-state index in [1.807, 2.05) is 26.0 Å². The molecule has 1 unspecified atom stereocenters. The van der Waals surface area contributed by atoms with E-state index in [-0.39, 0.29) is 5.38 Å². The third-order valence-electron chi connectivity index (χ3n) is 3.58. The molecule has 0 aliphatic carbocycles. The van der Waals surface area contributed by atoms with Crippen molar-refractivity contribution in [1.29, 1.82) is 0 Å². The highest BCUT2D eigenvalue weighted by molar-refractivity contribution is 6.20. The van der Waals surface area contributed by atoms with Crippen LogP contribution >= 0.6 is 11.6 Å². The number of hydrogen-bond acceptors (Lipinski definition) is 4.